The summed E-state index contributed by atoms with van der Waals surface area (Å²) < 4.78 is 8.88. The third-order valence-corrected chi connectivity index (χ3v) is 7.18. The maximum Gasteiger partial charge on any atom is 0.302 e. The van der Waals surface area contributed by atoms with Gasteiger partial charge in [-0.25, -0.2) is 9.13 Å². The third-order valence-electron chi connectivity index (χ3n) is 7.18. The number of imidazole rings is 2. The number of pyridine rings is 1. The molecule has 0 atom stereocenters. The van der Waals surface area contributed by atoms with Crippen LogP contribution in [0.2, 0.25) is 0 Å². The number of benzene rings is 3. The van der Waals surface area contributed by atoms with Gasteiger partial charge in [0, 0.05) is 40.4 Å². The van der Waals surface area contributed by atoms with Gasteiger partial charge in [0.2, 0.25) is 0 Å². The van der Waals surface area contributed by atoms with E-state index in [-0.39, 0.29) is 20.1 Å². The first-order chi connectivity index (χ1) is 19.0. The van der Waals surface area contributed by atoms with Crippen molar-refractivity contribution in [3.05, 3.63) is 152 Å². The van der Waals surface area contributed by atoms with Gasteiger partial charge in [0.1, 0.15) is 25.0 Å². The van der Waals surface area contributed by atoms with Crippen molar-refractivity contribution in [1.82, 2.24) is 23.1 Å². The van der Waals surface area contributed by atoms with Gasteiger partial charge in [-0.15, -0.1) is 35.9 Å². The molecule has 0 saturated carbocycles. The van der Waals surface area contributed by atoms with Gasteiger partial charge in [0.25, 0.3) is 0 Å². The molecule has 3 aromatic carbocycles. The first kappa shape index (κ1) is 28.9. The standard InChI is InChI=1S/C22H26BN4.C11H8N.Ir/c1-19-5-9-21(10-6-19)23(26-15-13-24(3)17-26,27-16-14-25(4)18-27)22-11-7-20(2)8-12-22;1-2-6-10(7-3-1)11-8-4-5-9-12-11;/h5-18H,1-4H3;1-6,8-9H;/q+1;-1;. The number of hydrogen-bond donors (Lipinski definition) is 0. The van der Waals surface area contributed by atoms with Crippen molar-refractivity contribution in [3.8, 4) is 11.3 Å². The second kappa shape index (κ2) is 12.9. The normalized spacial score (nSPS) is 10.8. The van der Waals surface area contributed by atoms with Crippen LogP contribution in [0.5, 0.6) is 0 Å². The van der Waals surface area contributed by atoms with Crippen molar-refractivity contribution >= 4 is 17.3 Å². The molecule has 3 aromatic heterocycles. The van der Waals surface area contributed by atoms with Crippen molar-refractivity contribution in [1.29, 1.82) is 0 Å². The molecule has 0 aliphatic heterocycles. The molecule has 0 spiro atoms. The van der Waals surface area contributed by atoms with E-state index in [0.29, 0.717) is 0 Å². The third kappa shape index (κ3) is 6.06. The molecule has 0 amide bonds. The molecule has 0 N–H and O–H groups in total. The molecule has 0 unspecified atom stereocenters. The van der Waals surface area contributed by atoms with Crippen LogP contribution < -0.4 is 10.9 Å². The molecule has 7 heteroatoms. The van der Waals surface area contributed by atoms with Crippen LogP contribution in [0.15, 0.2) is 135 Å². The number of aromatic nitrogens is 5. The predicted molar refractivity (Wildman–Crippen MR) is 162 cm³/mol. The van der Waals surface area contributed by atoms with Crippen LogP contribution in [0.4, 0.5) is 0 Å². The minimum atomic E-state index is -1.41. The van der Waals surface area contributed by atoms with Crippen molar-refractivity contribution in [2.75, 3.05) is 0 Å². The van der Waals surface area contributed by atoms with Gasteiger partial charge in [-0.2, -0.15) is 10.9 Å². The van der Waals surface area contributed by atoms with E-state index in [2.05, 4.69) is 143 Å². The maximum atomic E-state index is 4.22. The van der Waals surface area contributed by atoms with Gasteiger partial charge >= 0.3 is 6.42 Å². The Morgan fingerprint density at radius 3 is 1.57 bits per heavy atom. The van der Waals surface area contributed by atoms with Gasteiger partial charge < -0.3 is 13.9 Å². The summed E-state index contributed by atoms with van der Waals surface area (Å²) in [6.07, 6.45) is 13.2. The van der Waals surface area contributed by atoms with Gasteiger partial charge in [0.05, 0.1) is 0 Å². The zero-order valence-corrected chi connectivity index (χ0v) is 25.7. The monoisotopic (exact) mass is 704 g/mol. The molecule has 0 saturated heterocycles. The number of nitrogens with zero attached hydrogens (tertiary/aromatic N) is 5. The van der Waals surface area contributed by atoms with Crippen molar-refractivity contribution in [3.63, 3.8) is 0 Å². The quantitative estimate of drug-likeness (QED) is 0.176. The molecular weight excluding hydrogens is 669 g/mol. The van der Waals surface area contributed by atoms with Crippen molar-refractivity contribution < 1.29 is 20.1 Å². The van der Waals surface area contributed by atoms with Crippen LogP contribution in [0.3, 0.4) is 0 Å². The second-order valence-electron chi connectivity index (χ2n) is 10.1. The minimum Gasteiger partial charge on any atom is -0.366 e. The number of rotatable bonds is 5. The number of hydrogen-bond acceptors (Lipinski definition) is 1. The summed E-state index contributed by atoms with van der Waals surface area (Å²) in [7, 11) is 4.13. The van der Waals surface area contributed by atoms with Crippen molar-refractivity contribution in [2.45, 2.75) is 13.8 Å². The molecule has 6 rings (SSSR count). The van der Waals surface area contributed by atoms with E-state index in [1.165, 1.54) is 22.1 Å². The van der Waals surface area contributed by atoms with E-state index in [0.717, 1.165) is 11.3 Å². The van der Waals surface area contributed by atoms with Crippen LogP contribution in [0, 0.1) is 19.9 Å². The van der Waals surface area contributed by atoms with Crippen LogP contribution in [-0.4, -0.2) is 29.5 Å². The second-order valence-corrected chi connectivity index (χ2v) is 10.1. The maximum absolute atomic E-state index is 4.22. The van der Waals surface area contributed by atoms with E-state index in [1.807, 2.05) is 42.5 Å². The summed E-state index contributed by atoms with van der Waals surface area (Å²) in [5, 5.41) is 0. The topological polar surface area (TPSA) is 32.6 Å². The average molecular weight is 704 g/mol. The Hall–Kier alpha value is -4.06. The molecule has 0 bridgehead atoms. The molecule has 40 heavy (non-hydrogen) atoms. The molecule has 5 nitrogen and oxygen atoms in total. The Morgan fingerprint density at radius 2 is 1.18 bits per heavy atom. The van der Waals surface area contributed by atoms with Crippen LogP contribution >= 0.6 is 0 Å². The van der Waals surface area contributed by atoms with E-state index >= 15 is 0 Å². The molecule has 6 aromatic rings. The summed E-state index contributed by atoms with van der Waals surface area (Å²) in [5.41, 5.74) is 7.09. The molecular formula is C33H34BIrN5. The van der Waals surface area contributed by atoms with Crippen LogP contribution in [0.25, 0.3) is 11.3 Å². The SMILES string of the molecule is Cc1ccc([B-](c2ccc(C)cc2)(n2ccn(C)[cH+]2)n2ccn(C)[cH+]2)cc1.[Ir].[c-]1ccccc1-c1ccccn1. The Kier molecular flexibility index (Phi) is 9.31. The number of aryl methyl sites for hydroxylation is 4. The Morgan fingerprint density at radius 1 is 0.650 bits per heavy atom. The van der Waals surface area contributed by atoms with Crippen molar-refractivity contribution in [2.24, 2.45) is 14.1 Å². The molecule has 0 aliphatic rings. The predicted octanol–water partition coefficient (Wildman–Crippen LogP) is 5.34. The van der Waals surface area contributed by atoms with E-state index < -0.39 is 6.42 Å². The summed E-state index contributed by atoms with van der Waals surface area (Å²) >= 11 is 0. The fourth-order valence-electron chi connectivity index (χ4n) is 5.16. The molecule has 1 radical (unpaired) electrons. The fraction of sp³-hybridized carbons (Fsp3) is 0.121. The van der Waals surface area contributed by atoms with Gasteiger partial charge in [-0.1, -0.05) is 71.8 Å². The Bertz CT molecular complexity index is 1500. The summed E-state index contributed by atoms with van der Waals surface area (Å²) in [6.45, 7) is 4.27. The van der Waals surface area contributed by atoms with Crippen LogP contribution in [-0.2, 0) is 34.2 Å². The molecule has 0 aliphatic carbocycles. The first-order valence-electron chi connectivity index (χ1n) is 13.2. The van der Waals surface area contributed by atoms with Crippen LogP contribution in [0.1, 0.15) is 11.1 Å². The van der Waals surface area contributed by atoms with Gasteiger partial charge in [0.15, 0.2) is 12.4 Å². The fourth-order valence-corrected chi connectivity index (χ4v) is 5.16. The summed E-state index contributed by atoms with van der Waals surface area (Å²) in [4.78, 5) is 4.22. The van der Waals surface area contributed by atoms with Gasteiger partial charge in [-0.05, 0) is 25.6 Å². The smallest absolute Gasteiger partial charge is 0.302 e. The van der Waals surface area contributed by atoms with E-state index in [1.54, 1.807) is 6.20 Å². The van der Waals surface area contributed by atoms with E-state index in [9.17, 15) is 0 Å². The summed E-state index contributed by atoms with van der Waals surface area (Å²) in [5.74, 6) is 0. The Labute approximate surface area is 250 Å². The molecule has 203 valence electrons. The van der Waals surface area contributed by atoms with E-state index in [4.69, 9.17) is 0 Å². The van der Waals surface area contributed by atoms with Gasteiger partial charge in [-0.3, -0.25) is 0 Å². The molecule has 3 heterocycles. The zero-order chi connectivity index (χ0) is 27.2. The first-order valence-corrected chi connectivity index (χ1v) is 13.2. The zero-order valence-electron chi connectivity index (χ0n) is 23.3. The largest absolute Gasteiger partial charge is 0.366 e. The minimum absolute atomic E-state index is 0. The average Bonchev–Trinajstić information content (AvgIpc) is 3.61. The molecule has 0 fully saturated rings. The Balaban J connectivity index is 0.000000238. The summed E-state index contributed by atoms with van der Waals surface area (Å²) in [6, 6.07) is 34.7.